The van der Waals surface area contributed by atoms with Gasteiger partial charge in [-0.25, -0.2) is 5.43 Å². The number of hydrazine groups is 1. The van der Waals surface area contributed by atoms with Crippen molar-refractivity contribution in [2.75, 3.05) is 13.1 Å². The van der Waals surface area contributed by atoms with Crippen molar-refractivity contribution in [3.63, 3.8) is 0 Å². The number of nitrogens with zero attached hydrogens (tertiary/aromatic N) is 1. The third-order valence-corrected chi connectivity index (χ3v) is 5.58. The van der Waals surface area contributed by atoms with Gasteiger partial charge in [0.25, 0.3) is 0 Å². The standard InChI is InChI=1S/C19H26ClN3O/c1-2-3-8-19(24)23-11-9-14(10-12-23)17-13-18(22-21-17)15-6-4-5-7-16(15)20/h2,4-7,14,17-18,21-22H,1,3,8-13H2. The number of hydrogen-bond acceptors (Lipinski definition) is 3. The lowest BCUT2D eigenvalue weighted by Crippen LogP contribution is -2.44. The van der Waals surface area contributed by atoms with Crippen LogP contribution in [0.2, 0.25) is 5.02 Å². The molecule has 2 unspecified atom stereocenters. The van der Waals surface area contributed by atoms with Gasteiger partial charge in [0.2, 0.25) is 5.91 Å². The van der Waals surface area contributed by atoms with Gasteiger partial charge in [0.15, 0.2) is 0 Å². The van der Waals surface area contributed by atoms with Crippen molar-refractivity contribution in [3.8, 4) is 0 Å². The minimum atomic E-state index is 0.260. The highest BCUT2D eigenvalue weighted by molar-refractivity contribution is 6.31. The number of nitrogens with one attached hydrogen (secondary N) is 2. The van der Waals surface area contributed by atoms with Crippen LogP contribution in [0.5, 0.6) is 0 Å². The second-order valence-electron chi connectivity index (χ2n) is 6.75. The molecule has 2 aliphatic heterocycles. The molecule has 1 aromatic carbocycles. The average molecular weight is 348 g/mol. The van der Waals surface area contributed by atoms with E-state index in [-0.39, 0.29) is 11.9 Å². The summed E-state index contributed by atoms with van der Waals surface area (Å²) >= 11 is 6.31. The highest BCUT2D eigenvalue weighted by atomic mass is 35.5. The lowest BCUT2D eigenvalue weighted by molar-refractivity contribution is -0.132. The fraction of sp³-hybridized carbons (Fsp3) is 0.526. The predicted octanol–water partition coefficient (Wildman–Crippen LogP) is 3.45. The van der Waals surface area contributed by atoms with Crippen molar-refractivity contribution >= 4 is 17.5 Å². The average Bonchev–Trinajstić information content (AvgIpc) is 3.10. The van der Waals surface area contributed by atoms with Crippen molar-refractivity contribution in [2.24, 2.45) is 5.92 Å². The number of hydrogen-bond donors (Lipinski definition) is 2. The molecule has 2 fully saturated rings. The van der Waals surface area contributed by atoms with Gasteiger partial charge >= 0.3 is 0 Å². The van der Waals surface area contributed by atoms with Crippen molar-refractivity contribution in [2.45, 2.75) is 44.2 Å². The maximum Gasteiger partial charge on any atom is 0.222 e. The first-order valence-corrected chi connectivity index (χ1v) is 9.21. The molecular formula is C19H26ClN3O. The molecule has 0 bridgehead atoms. The van der Waals surface area contributed by atoms with Gasteiger partial charge in [-0.3, -0.25) is 10.2 Å². The second-order valence-corrected chi connectivity index (χ2v) is 7.16. The van der Waals surface area contributed by atoms with Crippen molar-refractivity contribution in [1.82, 2.24) is 15.8 Å². The Labute approximate surface area is 149 Å². The van der Waals surface area contributed by atoms with Crippen LogP contribution in [-0.2, 0) is 4.79 Å². The molecule has 2 heterocycles. The van der Waals surface area contributed by atoms with Gasteiger partial charge in [0.05, 0.1) is 0 Å². The third kappa shape index (κ3) is 4.00. The minimum Gasteiger partial charge on any atom is -0.343 e. The Morgan fingerprint density at radius 2 is 2.04 bits per heavy atom. The molecule has 2 aliphatic rings. The highest BCUT2D eigenvalue weighted by Crippen LogP contribution is 2.33. The summed E-state index contributed by atoms with van der Waals surface area (Å²) in [6, 6.07) is 8.73. The molecule has 5 heteroatoms. The number of rotatable bonds is 5. The maximum absolute atomic E-state index is 12.1. The Bertz CT molecular complexity index is 584. The molecule has 4 nitrogen and oxygen atoms in total. The highest BCUT2D eigenvalue weighted by Gasteiger charge is 2.34. The Morgan fingerprint density at radius 1 is 1.29 bits per heavy atom. The summed E-state index contributed by atoms with van der Waals surface area (Å²) in [4.78, 5) is 14.1. The quantitative estimate of drug-likeness (QED) is 0.802. The molecular weight excluding hydrogens is 322 g/mol. The molecule has 1 amide bonds. The van der Waals surface area contributed by atoms with E-state index in [9.17, 15) is 4.79 Å². The fourth-order valence-corrected chi connectivity index (χ4v) is 4.05. The zero-order chi connectivity index (χ0) is 16.9. The largest absolute Gasteiger partial charge is 0.343 e. The van der Waals surface area contributed by atoms with E-state index in [1.807, 2.05) is 29.2 Å². The second kappa shape index (κ2) is 8.15. The Kier molecular flexibility index (Phi) is 5.93. The molecule has 0 spiro atoms. The summed E-state index contributed by atoms with van der Waals surface area (Å²) in [5, 5.41) is 0.820. The van der Waals surface area contributed by atoms with E-state index in [0.717, 1.165) is 49.4 Å². The molecule has 24 heavy (non-hydrogen) atoms. The van der Waals surface area contributed by atoms with Gasteiger partial charge in [0, 0.05) is 36.6 Å². The molecule has 3 rings (SSSR count). The van der Waals surface area contributed by atoms with Gasteiger partial charge in [0.1, 0.15) is 0 Å². The van der Waals surface area contributed by atoms with E-state index < -0.39 is 0 Å². The van der Waals surface area contributed by atoms with Crippen LogP contribution in [0.3, 0.4) is 0 Å². The molecule has 0 saturated carbocycles. The molecule has 130 valence electrons. The minimum absolute atomic E-state index is 0.260. The van der Waals surface area contributed by atoms with E-state index in [4.69, 9.17) is 11.6 Å². The molecule has 2 N–H and O–H groups in total. The summed E-state index contributed by atoms with van der Waals surface area (Å²) in [5.74, 6) is 0.869. The molecule has 2 saturated heterocycles. The normalized spacial score (nSPS) is 25.0. The number of carbonyl (C=O) groups is 1. The zero-order valence-electron chi connectivity index (χ0n) is 14.0. The molecule has 0 aliphatic carbocycles. The van der Waals surface area contributed by atoms with Crippen LogP contribution >= 0.6 is 11.6 Å². The van der Waals surface area contributed by atoms with Crippen LogP contribution < -0.4 is 10.9 Å². The van der Waals surface area contributed by atoms with Crippen LogP contribution in [-0.4, -0.2) is 29.9 Å². The predicted molar refractivity (Wildman–Crippen MR) is 97.6 cm³/mol. The molecule has 1 aromatic rings. The number of allylic oxidation sites excluding steroid dienone is 1. The zero-order valence-corrected chi connectivity index (χ0v) is 14.8. The topological polar surface area (TPSA) is 44.4 Å². The van der Waals surface area contributed by atoms with Gasteiger partial charge in [-0.15, -0.1) is 6.58 Å². The molecule has 2 atom stereocenters. The number of piperidine rings is 1. The SMILES string of the molecule is C=CCCC(=O)N1CCC(C2CC(c3ccccc3Cl)NN2)CC1. The Hall–Kier alpha value is -1.36. The first kappa shape index (κ1) is 17.5. The van der Waals surface area contributed by atoms with E-state index in [2.05, 4.69) is 23.5 Å². The van der Waals surface area contributed by atoms with Crippen LogP contribution in [0.1, 0.15) is 43.7 Å². The number of benzene rings is 1. The number of likely N-dealkylation sites (tertiary alicyclic amines) is 1. The summed E-state index contributed by atoms with van der Waals surface area (Å²) in [6.45, 7) is 5.43. The third-order valence-electron chi connectivity index (χ3n) is 5.24. The van der Waals surface area contributed by atoms with Crippen molar-refractivity contribution in [3.05, 3.63) is 47.5 Å². The first-order chi connectivity index (χ1) is 11.7. The Balaban J connectivity index is 1.50. The van der Waals surface area contributed by atoms with Crippen LogP contribution in [0, 0.1) is 5.92 Å². The van der Waals surface area contributed by atoms with Crippen molar-refractivity contribution in [1.29, 1.82) is 0 Å². The van der Waals surface area contributed by atoms with Crippen LogP contribution in [0.25, 0.3) is 0 Å². The number of halogens is 1. The maximum atomic E-state index is 12.1. The lowest BCUT2D eigenvalue weighted by Gasteiger charge is -2.34. The Morgan fingerprint density at radius 3 is 2.75 bits per heavy atom. The van der Waals surface area contributed by atoms with Gasteiger partial charge in [-0.2, -0.15) is 0 Å². The fourth-order valence-electron chi connectivity index (χ4n) is 3.79. The van der Waals surface area contributed by atoms with Gasteiger partial charge in [-0.1, -0.05) is 35.9 Å². The summed E-state index contributed by atoms with van der Waals surface area (Å²) in [6.07, 6.45) is 6.34. The molecule has 0 aromatic heterocycles. The summed E-state index contributed by atoms with van der Waals surface area (Å²) in [7, 11) is 0. The lowest BCUT2D eigenvalue weighted by atomic mass is 9.86. The number of carbonyl (C=O) groups excluding carboxylic acids is 1. The van der Waals surface area contributed by atoms with Crippen molar-refractivity contribution < 1.29 is 4.79 Å². The first-order valence-electron chi connectivity index (χ1n) is 8.83. The monoisotopic (exact) mass is 347 g/mol. The van der Waals surface area contributed by atoms with Gasteiger partial charge in [-0.05, 0) is 43.2 Å². The van der Waals surface area contributed by atoms with Gasteiger partial charge < -0.3 is 4.90 Å². The smallest absolute Gasteiger partial charge is 0.222 e. The van der Waals surface area contributed by atoms with E-state index >= 15 is 0 Å². The number of amides is 1. The summed E-state index contributed by atoms with van der Waals surface area (Å²) in [5.41, 5.74) is 8.01. The van der Waals surface area contributed by atoms with E-state index in [1.54, 1.807) is 0 Å². The molecule has 0 radical (unpaired) electrons. The van der Waals surface area contributed by atoms with Crippen LogP contribution in [0.15, 0.2) is 36.9 Å². The van der Waals surface area contributed by atoms with E-state index in [0.29, 0.717) is 18.4 Å². The van der Waals surface area contributed by atoms with E-state index in [1.165, 1.54) is 0 Å². The summed E-state index contributed by atoms with van der Waals surface area (Å²) < 4.78 is 0. The van der Waals surface area contributed by atoms with Crippen LogP contribution in [0.4, 0.5) is 0 Å².